The SMILES string of the molecule is CC1(C)NC(=O)C(C2CC2)N(Cc2cccs2)C1=O. The van der Waals surface area contributed by atoms with E-state index in [0.717, 1.165) is 17.7 Å². The minimum Gasteiger partial charge on any atom is -0.340 e. The number of carbonyl (C=O) groups excluding carboxylic acids is 2. The molecule has 0 radical (unpaired) electrons. The molecule has 0 spiro atoms. The summed E-state index contributed by atoms with van der Waals surface area (Å²) in [5, 5.41) is 4.86. The van der Waals surface area contributed by atoms with Gasteiger partial charge < -0.3 is 10.2 Å². The highest BCUT2D eigenvalue weighted by Gasteiger charge is 2.50. The van der Waals surface area contributed by atoms with Crippen molar-refractivity contribution in [3.05, 3.63) is 22.4 Å². The van der Waals surface area contributed by atoms with Crippen LogP contribution in [0.15, 0.2) is 17.5 Å². The Labute approximate surface area is 116 Å². The van der Waals surface area contributed by atoms with Crippen molar-refractivity contribution in [1.29, 1.82) is 0 Å². The zero-order chi connectivity index (χ0) is 13.6. The summed E-state index contributed by atoms with van der Waals surface area (Å²) in [5.41, 5.74) is -0.792. The van der Waals surface area contributed by atoms with E-state index in [1.54, 1.807) is 30.1 Å². The van der Waals surface area contributed by atoms with Crippen LogP contribution in [0, 0.1) is 5.92 Å². The summed E-state index contributed by atoms with van der Waals surface area (Å²) in [6.07, 6.45) is 2.10. The number of nitrogens with zero attached hydrogens (tertiary/aromatic N) is 1. The summed E-state index contributed by atoms with van der Waals surface area (Å²) >= 11 is 1.63. The van der Waals surface area contributed by atoms with Gasteiger partial charge in [-0.05, 0) is 44.1 Å². The van der Waals surface area contributed by atoms with Gasteiger partial charge in [0.2, 0.25) is 11.8 Å². The molecule has 1 aliphatic heterocycles. The molecule has 0 aromatic carbocycles. The first-order valence-corrected chi connectivity index (χ1v) is 7.52. The molecular weight excluding hydrogens is 260 g/mol. The molecule has 19 heavy (non-hydrogen) atoms. The molecule has 3 rings (SSSR count). The molecule has 1 aromatic rings. The van der Waals surface area contributed by atoms with Crippen LogP contribution < -0.4 is 5.32 Å². The van der Waals surface area contributed by atoms with Gasteiger partial charge in [0.1, 0.15) is 11.6 Å². The smallest absolute Gasteiger partial charge is 0.248 e. The zero-order valence-corrected chi connectivity index (χ0v) is 12.0. The first kappa shape index (κ1) is 12.7. The number of carbonyl (C=O) groups is 2. The summed E-state index contributed by atoms with van der Waals surface area (Å²) in [6.45, 7) is 4.10. The van der Waals surface area contributed by atoms with E-state index in [2.05, 4.69) is 5.32 Å². The number of hydrogen-bond acceptors (Lipinski definition) is 3. The number of piperazine rings is 1. The third-order valence-electron chi connectivity index (χ3n) is 3.81. The first-order valence-electron chi connectivity index (χ1n) is 6.64. The predicted octanol–water partition coefficient (Wildman–Crippen LogP) is 1.76. The minimum atomic E-state index is -0.792. The Kier molecular flexibility index (Phi) is 2.89. The van der Waals surface area contributed by atoms with Crippen molar-refractivity contribution >= 4 is 23.2 Å². The van der Waals surface area contributed by atoms with Crippen LogP contribution in [0.5, 0.6) is 0 Å². The second-order valence-corrected chi connectivity index (χ2v) is 6.94. The van der Waals surface area contributed by atoms with Crippen molar-refractivity contribution in [2.24, 2.45) is 5.92 Å². The molecule has 1 aliphatic carbocycles. The van der Waals surface area contributed by atoms with Crippen molar-refractivity contribution in [2.45, 2.75) is 44.8 Å². The van der Waals surface area contributed by atoms with Crippen molar-refractivity contribution in [3.8, 4) is 0 Å². The highest BCUT2D eigenvalue weighted by atomic mass is 32.1. The van der Waals surface area contributed by atoms with Gasteiger partial charge in [0, 0.05) is 4.88 Å². The lowest BCUT2D eigenvalue weighted by Gasteiger charge is -2.43. The fourth-order valence-electron chi connectivity index (χ4n) is 2.68. The van der Waals surface area contributed by atoms with Gasteiger partial charge in [-0.2, -0.15) is 0 Å². The van der Waals surface area contributed by atoms with Gasteiger partial charge in [-0.15, -0.1) is 11.3 Å². The van der Waals surface area contributed by atoms with Gasteiger partial charge in [-0.1, -0.05) is 6.07 Å². The maximum atomic E-state index is 12.6. The van der Waals surface area contributed by atoms with Crippen molar-refractivity contribution in [3.63, 3.8) is 0 Å². The number of amides is 2. The molecular formula is C14H18N2O2S. The summed E-state index contributed by atoms with van der Waals surface area (Å²) in [5.74, 6) is 0.376. The molecule has 2 aliphatic rings. The van der Waals surface area contributed by atoms with Crippen LogP contribution in [0.25, 0.3) is 0 Å². The summed E-state index contributed by atoms with van der Waals surface area (Å²) in [4.78, 5) is 27.8. The molecule has 1 atom stereocenters. The maximum absolute atomic E-state index is 12.6. The molecule has 102 valence electrons. The van der Waals surface area contributed by atoms with E-state index in [0.29, 0.717) is 12.5 Å². The van der Waals surface area contributed by atoms with E-state index in [1.165, 1.54) is 0 Å². The third kappa shape index (κ3) is 2.27. The zero-order valence-electron chi connectivity index (χ0n) is 11.2. The van der Waals surface area contributed by atoms with E-state index < -0.39 is 5.54 Å². The normalized spacial score (nSPS) is 26.4. The first-order chi connectivity index (χ1) is 8.99. The molecule has 4 nitrogen and oxygen atoms in total. The average molecular weight is 278 g/mol. The molecule has 1 N–H and O–H groups in total. The molecule has 2 fully saturated rings. The van der Waals surface area contributed by atoms with E-state index in [1.807, 2.05) is 17.5 Å². The van der Waals surface area contributed by atoms with Crippen LogP contribution >= 0.6 is 11.3 Å². The van der Waals surface area contributed by atoms with Crippen LogP contribution in [0.3, 0.4) is 0 Å². The second kappa shape index (κ2) is 4.34. The Hall–Kier alpha value is -1.36. The molecule has 5 heteroatoms. The van der Waals surface area contributed by atoms with Gasteiger partial charge in [0.05, 0.1) is 6.54 Å². The van der Waals surface area contributed by atoms with Crippen LogP contribution in [-0.2, 0) is 16.1 Å². The topological polar surface area (TPSA) is 49.4 Å². The Morgan fingerprint density at radius 3 is 2.74 bits per heavy atom. The second-order valence-electron chi connectivity index (χ2n) is 5.91. The van der Waals surface area contributed by atoms with Crippen molar-refractivity contribution in [2.75, 3.05) is 0 Å². The van der Waals surface area contributed by atoms with Crippen molar-refractivity contribution in [1.82, 2.24) is 10.2 Å². The monoisotopic (exact) mass is 278 g/mol. The van der Waals surface area contributed by atoms with E-state index in [4.69, 9.17) is 0 Å². The van der Waals surface area contributed by atoms with Crippen LogP contribution in [0.2, 0.25) is 0 Å². The Balaban J connectivity index is 1.89. The number of rotatable bonds is 3. The van der Waals surface area contributed by atoms with E-state index >= 15 is 0 Å². The molecule has 1 aromatic heterocycles. The minimum absolute atomic E-state index is 0.00339. The predicted molar refractivity (Wildman–Crippen MR) is 73.6 cm³/mol. The Bertz CT molecular complexity index is 506. The van der Waals surface area contributed by atoms with Gasteiger partial charge in [0.25, 0.3) is 0 Å². The highest BCUT2D eigenvalue weighted by Crippen LogP contribution is 2.38. The van der Waals surface area contributed by atoms with Gasteiger partial charge in [-0.3, -0.25) is 9.59 Å². The van der Waals surface area contributed by atoms with Crippen LogP contribution in [0.4, 0.5) is 0 Å². The summed E-state index contributed by atoms with van der Waals surface area (Å²) in [7, 11) is 0. The number of nitrogens with one attached hydrogen (secondary N) is 1. The Morgan fingerprint density at radius 2 is 2.16 bits per heavy atom. The molecule has 1 saturated heterocycles. The fraction of sp³-hybridized carbons (Fsp3) is 0.571. The lowest BCUT2D eigenvalue weighted by atomic mass is 9.94. The lowest BCUT2D eigenvalue weighted by Crippen LogP contribution is -2.68. The standard InChI is InChI=1S/C14H18N2O2S/c1-14(2)13(18)16(8-10-4-3-7-19-10)11(9-5-6-9)12(17)15-14/h3-4,7,9,11H,5-6,8H2,1-2H3,(H,15,17). The number of thiophene rings is 1. The summed E-state index contributed by atoms with van der Waals surface area (Å²) in [6, 6.07) is 3.72. The summed E-state index contributed by atoms with van der Waals surface area (Å²) < 4.78 is 0. The highest BCUT2D eigenvalue weighted by molar-refractivity contribution is 7.09. The molecule has 2 heterocycles. The fourth-order valence-corrected chi connectivity index (χ4v) is 3.39. The Morgan fingerprint density at radius 1 is 1.42 bits per heavy atom. The average Bonchev–Trinajstić information content (AvgIpc) is 3.02. The molecule has 1 unspecified atom stereocenters. The van der Waals surface area contributed by atoms with Crippen molar-refractivity contribution < 1.29 is 9.59 Å². The van der Waals surface area contributed by atoms with E-state index in [-0.39, 0.29) is 17.9 Å². The van der Waals surface area contributed by atoms with Gasteiger partial charge >= 0.3 is 0 Å². The maximum Gasteiger partial charge on any atom is 0.248 e. The lowest BCUT2D eigenvalue weighted by molar-refractivity contribution is -0.155. The quantitative estimate of drug-likeness (QED) is 0.916. The van der Waals surface area contributed by atoms with Gasteiger partial charge in [-0.25, -0.2) is 0 Å². The number of hydrogen-bond donors (Lipinski definition) is 1. The van der Waals surface area contributed by atoms with Crippen LogP contribution in [0.1, 0.15) is 31.6 Å². The van der Waals surface area contributed by atoms with E-state index in [9.17, 15) is 9.59 Å². The van der Waals surface area contributed by atoms with Gasteiger partial charge in [0.15, 0.2) is 0 Å². The molecule has 1 saturated carbocycles. The third-order valence-corrected chi connectivity index (χ3v) is 4.67. The largest absolute Gasteiger partial charge is 0.340 e. The molecule has 0 bridgehead atoms. The molecule has 2 amide bonds. The van der Waals surface area contributed by atoms with Crippen LogP contribution in [-0.4, -0.2) is 28.3 Å².